The number of para-hydroxylation sites is 1. The van der Waals surface area contributed by atoms with Gasteiger partial charge in [-0.25, -0.2) is 0 Å². The van der Waals surface area contributed by atoms with Crippen molar-refractivity contribution < 1.29 is 9.21 Å². The maximum Gasteiger partial charge on any atom is 0.242 e. The van der Waals surface area contributed by atoms with E-state index in [2.05, 4.69) is 24.0 Å². The van der Waals surface area contributed by atoms with Crippen LogP contribution in [0.15, 0.2) is 80.2 Å². The van der Waals surface area contributed by atoms with Crippen molar-refractivity contribution >= 4 is 52.4 Å². The van der Waals surface area contributed by atoms with E-state index in [0.717, 1.165) is 32.8 Å². The molecule has 2 aromatic heterocycles. The van der Waals surface area contributed by atoms with Crippen molar-refractivity contribution in [1.82, 2.24) is 14.8 Å². The molecule has 4 aromatic rings. The number of furan rings is 1. The van der Waals surface area contributed by atoms with E-state index in [9.17, 15) is 4.79 Å². The Balaban J connectivity index is 1.43. The molecule has 0 aliphatic carbocycles. The summed E-state index contributed by atoms with van der Waals surface area (Å²) in [5.41, 5.74) is 1.67. The van der Waals surface area contributed by atoms with Crippen LogP contribution < -0.4 is 4.90 Å². The fraction of sp³-hybridized carbons (Fsp3) is 0.208. The predicted molar refractivity (Wildman–Crippen MR) is 132 cm³/mol. The van der Waals surface area contributed by atoms with Crippen LogP contribution in [-0.4, -0.2) is 26.4 Å². The molecular weight excluding hydrogens is 476 g/mol. The van der Waals surface area contributed by atoms with E-state index in [1.807, 2.05) is 59.2 Å². The summed E-state index contributed by atoms with van der Waals surface area (Å²) in [4.78, 5) is 17.3. The molecule has 1 aliphatic rings. The molecule has 0 saturated carbocycles. The van der Waals surface area contributed by atoms with Crippen molar-refractivity contribution in [3.63, 3.8) is 0 Å². The van der Waals surface area contributed by atoms with Crippen LogP contribution in [0.1, 0.15) is 31.4 Å². The lowest BCUT2D eigenvalue weighted by molar-refractivity contribution is -0.115. The van der Waals surface area contributed by atoms with E-state index in [1.54, 1.807) is 22.9 Å². The molecule has 1 amide bonds. The molecular formula is C24H21ClN4O2S2. The van der Waals surface area contributed by atoms with Gasteiger partial charge in [0.1, 0.15) is 11.6 Å². The number of thioether (sulfide) groups is 1. The molecule has 0 spiro atoms. The van der Waals surface area contributed by atoms with E-state index >= 15 is 0 Å². The number of anilines is 2. The quantitative estimate of drug-likeness (QED) is 0.279. The minimum Gasteiger partial charge on any atom is -0.467 e. The van der Waals surface area contributed by atoms with Gasteiger partial charge in [-0.05, 0) is 42.5 Å². The Morgan fingerprint density at radius 2 is 1.91 bits per heavy atom. The monoisotopic (exact) mass is 496 g/mol. The van der Waals surface area contributed by atoms with Gasteiger partial charge < -0.3 is 4.42 Å². The molecule has 0 atom stereocenters. The highest BCUT2D eigenvalue weighted by atomic mass is 35.5. The van der Waals surface area contributed by atoms with Gasteiger partial charge >= 0.3 is 0 Å². The van der Waals surface area contributed by atoms with Gasteiger partial charge in [0.25, 0.3) is 0 Å². The van der Waals surface area contributed by atoms with Gasteiger partial charge in [-0.2, -0.15) is 0 Å². The Bertz CT molecular complexity index is 1300. The molecule has 2 aromatic carbocycles. The lowest BCUT2D eigenvalue weighted by Crippen LogP contribution is -2.30. The molecule has 168 valence electrons. The summed E-state index contributed by atoms with van der Waals surface area (Å²) in [6.07, 6.45) is 1.65. The van der Waals surface area contributed by atoms with Gasteiger partial charge in [0.2, 0.25) is 5.91 Å². The van der Waals surface area contributed by atoms with Crippen LogP contribution in [0.25, 0.3) is 0 Å². The number of aromatic nitrogens is 3. The van der Waals surface area contributed by atoms with Gasteiger partial charge in [-0.1, -0.05) is 61.1 Å². The molecule has 0 radical (unpaired) electrons. The summed E-state index contributed by atoms with van der Waals surface area (Å²) in [5.74, 6) is 2.03. The number of amides is 1. The van der Waals surface area contributed by atoms with Crippen LogP contribution in [0.4, 0.5) is 11.4 Å². The largest absolute Gasteiger partial charge is 0.467 e. The summed E-state index contributed by atoms with van der Waals surface area (Å²) in [5, 5.41) is 10.0. The fourth-order valence-electron chi connectivity index (χ4n) is 3.73. The molecule has 9 heteroatoms. The van der Waals surface area contributed by atoms with Crippen LogP contribution >= 0.6 is 35.1 Å². The Morgan fingerprint density at radius 1 is 1.09 bits per heavy atom. The third-order valence-corrected chi connectivity index (χ3v) is 7.53. The summed E-state index contributed by atoms with van der Waals surface area (Å²) in [6.45, 7) is 4.67. The number of hydrogen-bond donors (Lipinski definition) is 0. The molecule has 3 heterocycles. The lowest BCUT2D eigenvalue weighted by Gasteiger charge is -2.31. The highest BCUT2D eigenvalue weighted by Gasteiger charge is 2.29. The maximum absolute atomic E-state index is 13.6. The van der Waals surface area contributed by atoms with E-state index < -0.39 is 0 Å². The molecule has 0 bridgehead atoms. The summed E-state index contributed by atoms with van der Waals surface area (Å²) < 4.78 is 7.55. The first-order valence-electron chi connectivity index (χ1n) is 10.5. The third kappa shape index (κ3) is 4.43. The number of nitrogens with zero attached hydrogens (tertiary/aromatic N) is 4. The average Bonchev–Trinajstić information content (AvgIpc) is 3.46. The minimum absolute atomic E-state index is 0.0464. The summed E-state index contributed by atoms with van der Waals surface area (Å²) in [7, 11) is 0. The smallest absolute Gasteiger partial charge is 0.242 e. The van der Waals surface area contributed by atoms with Gasteiger partial charge in [0, 0.05) is 20.7 Å². The van der Waals surface area contributed by atoms with Gasteiger partial charge in [-0.15, -0.1) is 10.2 Å². The Labute approximate surface area is 205 Å². The Morgan fingerprint density at radius 3 is 2.70 bits per heavy atom. The van der Waals surface area contributed by atoms with Crippen molar-refractivity contribution in [3.8, 4) is 0 Å². The lowest BCUT2D eigenvalue weighted by atomic mass is 10.2. The first-order chi connectivity index (χ1) is 16.0. The van der Waals surface area contributed by atoms with E-state index in [4.69, 9.17) is 16.0 Å². The topological polar surface area (TPSA) is 64.2 Å². The molecule has 1 aliphatic heterocycles. The number of halogens is 1. The van der Waals surface area contributed by atoms with Gasteiger partial charge in [0.05, 0.1) is 29.9 Å². The predicted octanol–water partition coefficient (Wildman–Crippen LogP) is 6.62. The van der Waals surface area contributed by atoms with Crippen LogP contribution in [-0.2, 0) is 11.3 Å². The maximum atomic E-state index is 13.6. The Hall–Kier alpha value is -2.68. The van der Waals surface area contributed by atoms with E-state index in [1.165, 1.54) is 11.8 Å². The van der Waals surface area contributed by atoms with Crippen LogP contribution in [0, 0.1) is 0 Å². The number of benzene rings is 2. The molecule has 5 rings (SSSR count). The van der Waals surface area contributed by atoms with Crippen LogP contribution in [0.5, 0.6) is 0 Å². The van der Waals surface area contributed by atoms with Gasteiger partial charge in [-0.3, -0.25) is 14.3 Å². The number of carbonyl (C=O) groups is 1. The van der Waals surface area contributed by atoms with E-state index in [-0.39, 0.29) is 17.6 Å². The molecule has 0 fully saturated rings. The first kappa shape index (κ1) is 22.1. The zero-order chi connectivity index (χ0) is 22.9. The van der Waals surface area contributed by atoms with Crippen LogP contribution in [0.2, 0.25) is 5.02 Å². The minimum atomic E-state index is -0.0464. The van der Waals surface area contributed by atoms with Crippen molar-refractivity contribution in [2.75, 3.05) is 10.7 Å². The first-order valence-corrected chi connectivity index (χ1v) is 12.7. The third-order valence-electron chi connectivity index (χ3n) is 5.22. The van der Waals surface area contributed by atoms with Crippen molar-refractivity contribution in [2.24, 2.45) is 0 Å². The second-order valence-electron chi connectivity index (χ2n) is 7.86. The van der Waals surface area contributed by atoms with Crippen molar-refractivity contribution in [3.05, 3.63) is 77.5 Å². The SMILES string of the molecule is CC(C)c1nnc(SCC(=O)N2c3ccccc3Sc3ccc(Cl)cc32)n1Cc1ccco1. The Kier molecular flexibility index (Phi) is 6.23. The number of rotatable bonds is 6. The second kappa shape index (κ2) is 9.29. The summed E-state index contributed by atoms with van der Waals surface area (Å²) in [6, 6.07) is 17.4. The fourth-order valence-corrected chi connectivity index (χ4v) is 5.73. The molecule has 6 nitrogen and oxygen atoms in total. The summed E-state index contributed by atoms with van der Waals surface area (Å²) >= 11 is 9.31. The van der Waals surface area contributed by atoms with Crippen LogP contribution in [0.3, 0.4) is 0 Å². The zero-order valence-electron chi connectivity index (χ0n) is 18.1. The van der Waals surface area contributed by atoms with Gasteiger partial charge in [0.15, 0.2) is 5.16 Å². The standard InChI is InChI=1S/C24H21ClN4O2S2/c1-15(2)23-26-27-24(28(23)13-17-6-5-11-31-17)32-14-22(30)29-18-7-3-4-8-20(18)33-21-10-9-16(25)12-19(21)29/h3-12,15H,13-14H2,1-2H3. The zero-order valence-corrected chi connectivity index (χ0v) is 20.5. The van der Waals surface area contributed by atoms with Crippen molar-refractivity contribution in [2.45, 2.75) is 41.3 Å². The highest BCUT2D eigenvalue weighted by molar-refractivity contribution is 8.00. The molecule has 0 unspecified atom stereocenters. The highest BCUT2D eigenvalue weighted by Crippen LogP contribution is 2.49. The normalized spacial score (nSPS) is 12.7. The van der Waals surface area contributed by atoms with Crippen molar-refractivity contribution in [1.29, 1.82) is 0 Å². The molecule has 0 N–H and O–H groups in total. The molecule has 33 heavy (non-hydrogen) atoms. The number of fused-ring (bicyclic) bond motifs is 2. The number of hydrogen-bond acceptors (Lipinski definition) is 6. The second-order valence-corrected chi connectivity index (χ2v) is 10.3. The van der Waals surface area contributed by atoms with E-state index in [0.29, 0.717) is 16.7 Å². The molecule has 0 saturated heterocycles. The average molecular weight is 497 g/mol. The number of carbonyl (C=O) groups excluding carboxylic acids is 1.